The summed E-state index contributed by atoms with van der Waals surface area (Å²) in [5, 5.41) is 1.11. The maximum Gasteiger partial charge on any atom is 0.150 e. The van der Waals surface area contributed by atoms with Crippen LogP contribution < -0.4 is 4.74 Å². The van der Waals surface area contributed by atoms with Crippen LogP contribution in [-0.2, 0) is 0 Å². The predicted octanol–water partition coefficient (Wildman–Crippen LogP) is 3.66. The summed E-state index contributed by atoms with van der Waals surface area (Å²) in [4.78, 5) is 14.0. The third kappa shape index (κ3) is 2.10. The lowest BCUT2D eigenvalue weighted by molar-refractivity contribution is 0.112. The highest BCUT2D eigenvalue weighted by Crippen LogP contribution is 2.26. The summed E-state index contributed by atoms with van der Waals surface area (Å²) in [5.74, 6) is 0.842. The summed E-state index contributed by atoms with van der Waals surface area (Å²) < 4.78 is 5.21. The SMILES string of the molecule is COc1ccc2[nH]c(-c3ccc(C=O)cc3)cc2c1. The lowest BCUT2D eigenvalue weighted by Crippen LogP contribution is -1.81. The molecule has 3 rings (SSSR count). The molecule has 3 nitrogen and oxygen atoms in total. The van der Waals surface area contributed by atoms with E-state index in [1.165, 1.54) is 0 Å². The number of methoxy groups -OCH3 is 1. The minimum atomic E-state index is 0.682. The maximum absolute atomic E-state index is 10.6. The van der Waals surface area contributed by atoms with Crippen LogP contribution in [0.25, 0.3) is 22.2 Å². The zero-order valence-electron chi connectivity index (χ0n) is 10.5. The van der Waals surface area contributed by atoms with E-state index in [0.717, 1.165) is 34.2 Å². The summed E-state index contributed by atoms with van der Waals surface area (Å²) in [5.41, 5.74) is 3.83. The highest BCUT2D eigenvalue weighted by molar-refractivity contribution is 5.87. The number of rotatable bonds is 3. The minimum absolute atomic E-state index is 0.682. The van der Waals surface area contributed by atoms with Crippen molar-refractivity contribution < 1.29 is 9.53 Å². The van der Waals surface area contributed by atoms with Gasteiger partial charge in [0.05, 0.1) is 7.11 Å². The van der Waals surface area contributed by atoms with Crippen molar-refractivity contribution in [3.63, 3.8) is 0 Å². The minimum Gasteiger partial charge on any atom is -0.497 e. The molecule has 0 unspecified atom stereocenters. The second kappa shape index (κ2) is 4.61. The molecule has 0 fully saturated rings. The first-order chi connectivity index (χ1) is 9.30. The van der Waals surface area contributed by atoms with E-state index in [-0.39, 0.29) is 0 Å². The number of hydrogen-bond acceptors (Lipinski definition) is 2. The van der Waals surface area contributed by atoms with Gasteiger partial charge in [0.1, 0.15) is 12.0 Å². The normalized spacial score (nSPS) is 10.6. The topological polar surface area (TPSA) is 42.1 Å². The Bertz CT molecular complexity index is 726. The molecule has 3 aromatic rings. The Morgan fingerprint density at radius 1 is 1.05 bits per heavy atom. The number of aldehydes is 1. The van der Waals surface area contributed by atoms with E-state index >= 15 is 0 Å². The summed E-state index contributed by atoms with van der Waals surface area (Å²) in [6.07, 6.45) is 0.847. The fourth-order valence-corrected chi connectivity index (χ4v) is 2.13. The van der Waals surface area contributed by atoms with E-state index in [0.29, 0.717) is 5.56 Å². The molecule has 94 valence electrons. The molecule has 0 atom stereocenters. The Morgan fingerprint density at radius 3 is 2.53 bits per heavy atom. The fraction of sp³-hybridized carbons (Fsp3) is 0.0625. The number of aromatic nitrogens is 1. The number of carbonyl (C=O) groups is 1. The van der Waals surface area contributed by atoms with Crippen LogP contribution in [0.15, 0.2) is 48.5 Å². The first-order valence-corrected chi connectivity index (χ1v) is 6.02. The van der Waals surface area contributed by atoms with Crippen molar-refractivity contribution >= 4 is 17.2 Å². The van der Waals surface area contributed by atoms with E-state index in [9.17, 15) is 4.79 Å². The van der Waals surface area contributed by atoms with Gasteiger partial charge in [-0.1, -0.05) is 24.3 Å². The van der Waals surface area contributed by atoms with E-state index in [1.807, 2.05) is 42.5 Å². The average molecular weight is 251 g/mol. The number of H-pyrrole nitrogens is 1. The van der Waals surface area contributed by atoms with Gasteiger partial charge in [-0.05, 0) is 29.8 Å². The Morgan fingerprint density at radius 2 is 1.84 bits per heavy atom. The Balaban J connectivity index is 2.06. The zero-order chi connectivity index (χ0) is 13.2. The van der Waals surface area contributed by atoms with Gasteiger partial charge < -0.3 is 9.72 Å². The predicted molar refractivity (Wildman–Crippen MR) is 75.7 cm³/mol. The highest BCUT2D eigenvalue weighted by atomic mass is 16.5. The van der Waals surface area contributed by atoms with Crippen LogP contribution in [-0.4, -0.2) is 18.4 Å². The number of aromatic amines is 1. The lowest BCUT2D eigenvalue weighted by Gasteiger charge is -1.97. The molecule has 0 aliphatic rings. The van der Waals surface area contributed by atoms with E-state index in [2.05, 4.69) is 11.1 Å². The van der Waals surface area contributed by atoms with Crippen LogP contribution in [0.5, 0.6) is 5.75 Å². The number of ether oxygens (including phenoxy) is 1. The molecule has 1 N–H and O–H groups in total. The van der Waals surface area contributed by atoms with Gasteiger partial charge >= 0.3 is 0 Å². The summed E-state index contributed by atoms with van der Waals surface area (Å²) in [6, 6.07) is 15.5. The van der Waals surface area contributed by atoms with Gasteiger partial charge in [-0.15, -0.1) is 0 Å². The van der Waals surface area contributed by atoms with Crippen molar-refractivity contribution in [1.29, 1.82) is 0 Å². The molecular formula is C16H13NO2. The second-order valence-corrected chi connectivity index (χ2v) is 4.38. The monoisotopic (exact) mass is 251 g/mol. The Kier molecular flexibility index (Phi) is 2.80. The van der Waals surface area contributed by atoms with Gasteiger partial charge in [0, 0.05) is 22.2 Å². The zero-order valence-corrected chi connectivity index (χ0v) is 10.5. The van der Waals surface area contributed by atoms with E-state index < -0.39 is 0 Å². The van der Waals surface area contributed by atoms with Gasteiger partial charge in [-0.3, -0.25) is 4.79 Å². The number of nitrogens with one attached hydrogen (secondary N) is 1. The molecule has 1 heterocycles. The third-order valence-corrected chi connectivity index (χ3v) is 3.19. The van der Waals surface area contributed by atoms with Crippen LogP contribution >= 0.6 is 0 Å². The van der Waals surface area contributed by atoms with Crippen molar-refractivity contribution in [1.82, 2.24) is 4.98 Å². The molecule has 0 aliphatic carbocycles. The number of carbonyl (C=O) groups excluding carboxylic acids is 1. The number of fused-ring (bicyclic) bond motifs is 1. The highest BCUT2D eigenvalue weighted by Gasteiger charge is 2.04. The smallest absolute Gasteiger partial charge is 0.150 e. The average Bonchev–Trinajstić information content (AvgIpc) is 2.90. The molecule has 19 heavy (non-hydrogen) atoms. The van der Waals surface area contributed by atoms with Gasteiger partial charge in [0.2, 0.25) is 0 Å². The van der Waals surface area contributed by atoms with Crippen LogP contribution in [0.2, 0.25) is 0 Å². The van der Waals surface area contributed by atoms with Crippen LogP contribution in [0, 0.1) is 0 Å². The van der Waals surface area contributed by atoms with Gasteiger partial charge in [0.15, 0.2) is 0 Å². The quantitative estimate of drug-likeness (QED) is 0.722. The van der Waals surface area contributed by atoms with Crippen molar-refractivity contribution in [3.8, 4) is 17.0 Å². The molecule has 0 bridgehead atoms. The molecule has 1 aromatic heterocycles. The first kappa shape index (κ1) is 11.5. The molecule has 0 spiro atoms. The van der Waals surface area contributed by atoms with Crippen LogP contribution in [0.4, 0.5) is 0 Å². The first-order valence-electron chi connectivity index (χ1n) is 6.02. The second-order valence-electron chi connectivity index (χ2n) is 4.38. The molecule has 0 amide bonds. The third-order valence-electron chi connectivity index (χ3n) is 3.19. The molecule has 3 heteroatoms. The van der Waals surface area contributed by atoms with Gasteiger partial charge in [0.25, 0.3) is 0 Å². The van der Waals surface area contributed by atoms with Crippen molar-refractivity contribution in [2.75, 3.05) is 7.11 Å². The van der Waals surface area contributed by atoms with Crippen LogP contribution in [0.3, 0.4) is 0 Å². The Labute approximate surface area is 110 Å². The summed E-state index contributed by atoms with van der Waals surface area (Å²) in [6.45, 7) is 0. The largest absolute Gasteiger partial charge is 0.497 e. The fourth-order valence-electron chi connectivity index (χ4n) is 2.13. The van der Waals surface area contributed by atoms with E-state index in [4.69, 9.17) is 4.74 Å². The summed E-state index contributed by atoms with van der Waals surface area (Å²) >= 11 is 0. The van der Waals surface area contributed by atoms with Gasteiger partial charge in [-0.25, -0.2) is 0 Å². The van der Waals surface area contributed by atoms with E-state index in [1.54, 1.807) is 7.11 Å². The van der Waals surface area contributed by atoms with Crippen molar-refractivity contribution in [3.05, 3.63) is 54.1 Å². The summed E-state index contributed by atoms with van der Waals surface area (Å²) in [7, 11) is 1.66. The molecule has 0 saturated carbocycles. The number of hydrogen-bond donors (Lipinski definition) is 1. The number of benzene rings is 2. The lowest BCUT2D eigenvalue weighted by atomic mass is 10.1. The molecule has 0 radical (unpaired) electrons. The molecule has 2 aromatic carbocycles. The molecule has 0 saturated heterocycles. The standard InChI is InChI=1S/C16H13NO2/c1-19-14-6-7-15-13(8-14)9-16(17-15)12-4-2-11(10-18)3-5-12/h2-10,17H,1H3. The van der Waals surface area contributed by atoms with Crippen LogP contribution in [0.1, 0.15) is 10.4 Å². The van der Waals surface area contributed by atoms with Crippen molar-refractivity contribution in [2.45, 2.75) is 0 Å². The Hall–Kier alpha value is -2.55. The molecule has 0 aliphatic heterocycles. The van der Waals surface area contributed by atoms with Gasteiger partial charge in [-0.2, -0.15) is 0 Å². The van der Waals surface area contributed by atoms with Crippen molar-refractivity contribution in [2.24, 2.45) is 0 Å². The molecular weight excluding hydrogens is 238 g/mol. The maximum atomic E-state index is 10.6.